The van der Waals surface area contributed by atoms with Crippen molar-refractivity contribution in [2.24, 2.45) is 11.8 Å². The van der Waals surface area contributed by atoms with Crippen LogP contribution < -0.4 is 5.32 Å². The molecule has 0 spiro atoms. The molecular weight excluding hydrogens is 387 g/mol. The highest BCUT2D eigenvalue weighted by Crippen LogP contribution is 2.23. The Bertz CT molecular complexity index is 459. The van der Waals surface area contributed by atoms with Crippen LogP contribution in [0.5, 0.6) is 0 Å². The summed E-state index contributed by atoms with van der Waals surface area (Å²) in [5.74, 6) is 1.76. The number of piperidine rings is 1. The minimum atomic E-state index is 0. The first-order valence-electron chi connectivity index (χ1n) is 10.1. The molecule has 0 aromatic heterocycles. The SMILES string of the molecule is CN1CCN(C(=O)CC2CCN(C(=O)CCC3CCNC3)CC2)CC1.Cl.Cl. The van der Waals surface area contributed by atoms with Gasteiger partial charge >= 0.3 is 0 Å². The van der Waals surface area contributed by atoms with Crippen molar-refractivity contribution in [3.63, 3.8) is 0 Å². The summed E-state index contributed by atoms with van der Waals surface area (Å²) < 4.78 is 0. The van der Waals surface area contributed by atoms with Crippen LogP contribution in [0, 0.1) is 11.8 Å². The quantitative estimate of drug-likeness (QED) is 0.731. The Balaban J connectivity index is 0.00000182. The van der Waals surface area contributed by atoms with Gasteiger partial charge in [0.05, 0.1) is 0 Å². The summed E-state index contributed by atoms with van der Waals surface area (Å²) in [5.41, 5.74) is 0. The maximum Gasteiger partial charge on any atom is 0.222 e. The van der Waals surface area contributed by atoms with E-state index in [0.717, 1.165) is 71.6 Å². The monoisotopic (exact) mass is 422 g/mol. The first-order chi connectivity index (χ1) is 12.1. The van der Waals surface area contributed by atoms with Crippen LogP contribution in [0.3, 0.4) is 0 Å². The van der Waals surface area contributed by atoms with Gasteiger partial charge in [-0.3, -0.25) is 9.59 Å². The number of nitrogens with one attached hydrogen (secondary N) is 1. The van der Waals surface area contributed by atoms with Crippen molar-refractivity contribution in [2.45, 2.75) is 38.5 Å². The van der Waals surface area contributed by atoms with E-state index in [2.05, 4.69) is 17.3 Å². The molecule has 0 aliphatic carbocycles. The molecule has 3 rings (SSSR count). The summed E-state index contributed by atoms with van der Waals surface area (Å²) in [6.07, 6.45) is 5.56. The van der Waals surface area contributed by atoms with Crippen molar-refractivity contribution < 1.29 is 9.59 Å². The lowest BCUT2D eigenvalue weighted by Gasteiger charge is -2.35. The van der Waals surface area contributed by atoms with Gasteiger partial charge in [-0.1, -0.05) is 0 Å². The van der Waals surface area contributed by atoms with E-state index in [1.54, 1.807) is 0 Å². The lowest BCUT2D eigenvalue weighted by atomic mass is 9.92. The summed E-state index contributed by atoms with van der Waals surface area (Å²) in [6, 6.07) is 0. The fraction of sp³-hybridized carbons (Fsp3) is 0.895. The minimum absolute atomic E-state index is 0. The van der Waals surface area contributed by atoms with Gasteiger partial charge in [-0.25, -0.2) is 0 Å². The average molecular weight is 423 g/mol. The molecule has 3 heterocycles. The highest BCUT2D eigenvalue weighted by Gasteiger charge is 2.27. The van der Waals surface area contributed by atoms with Gasteiger partial charge in [0, 0.05) is 52.1 Å². The molecule has 0 aromatic rings. The zero-order valence-corrected chi connectivity index (χ0v) is 18.2. The standard InChI is InChI=1S/C19H34N4O2.2ClH/c1-21-10-12-23(13-11-21)19(25)14-16-5-8-22(9-6-16)18(24)3-2-17-4-7-20-15-17;;/h16-17,20H,2-15H2,1H3;2*1H. The molecule has 0 radical (unpaired) electrons. The van der Waals surface area contributed by atoms with Gasteiger partial charge in [-0.2, -0.15) is 0 Å². The topological polar surface area (TPSA) is 55.9 Å². The van der Waals surface area contributed by atoms with Crippen LogP contribution in [0.4, 0.5) is 0 Å². The molecule has 158 valence electrons. The first kappa shape index (κ1) is 24.5. The highest BCUT2D eigenvalue weighted by atomic mass is 35.5. The lowest BCUT2D eigenvalue weighted by Crippen LogP contribution is -2.48. The Labute approximate surface area is 176 Å². The van der Waals surface area contributed by atoms with Gasteiger partial charge in [0.1, 0.15) is 0 Å². The number of carbonyl (C=O) groups is 2. The summed E-state index contributed by atoms with van der Waals surface area (Å²) in [6.45, 7) is 7.54. The fourth-order valence-corrected chi connectivity index (χ4v) is 4.26. The molecule has 3 aliphatic heterocycles. The normalized spacial score (nSPS) is 24.3. The fourth-order valence-electron chi connectivity index (χ4n) is 4.26. The van der Waals surface area contributed by atoms with Crippen LogP contribution in [0.25, 0.3) is 0 Å². The van der Waals surface area contributed by atoms with Crippen LogP contribution in [-0.2, 0) is 9.59 Å². The number of hydrogen-bond acceptors (Lipinski definition) is 4. The number of halogens is 2. The van der Waals surface area contributed by atoms with E-state index in [1.165, 1.54) is 6.42 Å². The third kappa shape index (κ3) is 7.41. The van der Waals surface area contributed by atoms with E-state index in [1.807, 2.05) is 9.80 Å². The molecular formula is C19H36Cl2N4O2. The second-order valence-corrected chi connectivity index (χ2v) is 8.11. The number of rotatable bonds is 5. The van der Waals surface area contributed by atoms with Crippen molar-refractivity contribution in [3.8, 4) is 0 Å². The minimum Gasteiger partial charge on any atom is -0.343 e. The van der Waals surface area contributed by atoms with E-state index in [4.69, 9.17) is 0 Å². The first-order valence-corrected chi connectivity index (χ1v) is 10.1. The van der Waals surface area contributed by atoms with Gasteiger partial charge in [-0.15, -0.1) is 24.8 Å². The van der Waals surface area contributed by atoms with Crippen molar-refractivity contribution in [1.29, 1.82) is 0 Å². The van der Waals surface area contributed by atoms with E-state index in [-0.39, 0.29) is 24.8 Å². The summed E-state index contributed by atoms with van der Waals surface area (Å²) >= 11 is 0. The number of carbonyl (C=O) groups excluding carboxylic acids is 2. The molecule has 0 aromatic carbocycles. The number of piperazine rings is 1. The predicted octanol–water partition coefficient (Wildman–Crippen LogP) is 1.62. The zero-order chi connectivity index (χ0) is 17.6. The van der Waals surface area contributed by atoms with Crippen LogP contribution in [-0.4, -0.2) is 85.9 Å². The number of amides is 2. The summed E-state index contributed by atoms with van der Waals surface area (Å²) in [4.78, 5) is 31.2. The second-order valence-electron chi connectivity index (χ2n) is 8.11. The maximum absolute atomic E-state index is 12.5. The molecule has 3 fully saturated rings. The van der Waals surface area contributed by atoms with Gasteiger partial charge in [0.25, 0.3) is 0 Å². The molecule has 3 aliphatic rings. The average Bonchev–Trinajstić information content (AvgIpc) is 3.14. The zero-order valence-electron chi connectivity index (χ0n) is 16.5. The molecule has 1 unspecified atom stereocenters. The Hall–Kier alpha value is -0.560. The van der Waals surface area contributed by atoms with E-state index in [0.29, 0.717) is 36.5 Å². The van der Waals surface area contributed by atoms with Crippen LogP contribution in [0.2, 0.25) is 0 Å². The van der Waals surface area contributed by atoms with E-state index < -0.39 is 0 Å². The van der Waals surface area contributed by atoms with Crippen molar-refractivity contribution >= 4 is 36.6 Å². The number of likely N-dealkylation sites (tertiary alicyclic amines) is 1. The molecule has 2 amide bonds. The molecule has 1 atom stereocenters. The Morgan fingerprint density at radius 3 is 2.07 bits per heavy atom. The van der Waals surface area contributed by atoms with E-state index >= 15 is 0 Å². The van der Waals surface area contributed by atoms with Gasteiger partial charge in [-0.05, 0) is 57.7 Å². The van der Waals surface area contributed by atoms with Gasteiger partial charge in [0.2, 0.25) is 11.8 Å². The van der Waals surface area contributed by atoms with Crippen molar-refractivity contribution in [2.75, 3.05) is 59.4 Å². The van der Waals surface area contributed by atoms with Crippen LogP contribution >= 0.6 is 24.8 Å². The smallest absolute Gasteiger partial charge is 0.222 e. The van der Waals surface area contributed by atoms with Crippen LogP contribution in [0.1, 0.15) is 38.5 Å². The molecule has 8 heteroatoms. The number of hydrogen-bond donors (Lipinski definition) is 1. The maximum atomic E-state index is 12.5. The van der Waals surface area contributed by atoms with E-state index in [9.17, 15) is 9.59 Å². The van der Waals surface area contributed by atoms with Crippen LogP contribution in [0.15, 0.2) is 0 Å². The second kappa shape index (κ2) is 12.1. The molecule has 6 nitrogen and oxygen atoms in total. The molecule has 0 bridgehead atoms. The third-order valence-electron chi connectivity index (χ3n) is 6.22. The number of nitrogens with zero attached hydrogens (tertiary/aromatic N) is 3. The largest absolute Gasteiger partial charge is 0.343 e. The van der Waals surface area contributed by atoms with Gasteiger partial charge < -0.3 is 20.0 Å². The number of likely N-dealkylation sites (N-methyl/N-ethyl adjacent to an activating group) is 1. The lowest BCUT2D eigenvalue weighted by molar-refractivity contribution is -0.135. The molecule has 27 heavy (non-hydrogen) atoms. The Morgan fingerprint density at radius 1 is 0.852 bits per heavy atom. The highest BCUT2D eigenvalue weighted by molar-refractivity contribution is 5.85. The molecule has 3 saturated heterocycles. The Morgan fingerprint density at radius 2 is 1.48 bits per heavy atom. The summed E-state index contributed by atoms with van der Waals surface area (Å²) in [7, 11) is 2.11. The predicted molar refractivity (Wildman–Crippen MR) is 113 cm³/mol. The molecule has 0 saturated carbocycles. The van der Waals surface area contributed by atoms with Gasteiger partial charge in [0.15, 0.2) is 0 Å². The summed E-state index contributed by atoms with van der Waals surface area (Å²) in [5, 5.41) is 3.37. The third-order valence-corrected chi connectivity index (χ3v) is 6.22. The Kier molecular flexibility index (Phi) is 11.0. The van der Waals surface area contributed by atoms with Crippen molar-refractivity contribution in [3.05, 3.63) is 0 Å². The van der Waals surface area contributed by atoms with Crippen molar-refractivity contribution in [1.82, 2.24) is 20.0 Å². The molecule has 1 N–H and O–H groups in total.